The van der Waals surface area contributed by atoms with Gasteiger partial charge in [0.15, 0.2) is 12.4 Å². The molecule has 1 atom stereocenters. The molecule has 1 aromatic heterocycles. The van der Waals surface area contributed by atoms with Crippen LogP contribution in [0.2, 0.25) is 0 Å². The van der Waals surface area contributed by atoms with Gasteiger partial charge < -0.3 is 34.2 Å². The van der Waals surface area contributed by atoms with Crippen molar-refractivity contribution in [3.63, 3.8) is 0 Å². The number of benzene rings is 2. The Labute approximate surface area is 237 Å². The van der Waals surface area contributed by atoms with Crippen molar-refractivity contribution in [3.8, 4) is 22.5 Å². The highest BCUT2D eigenvalue weighted by Gasteiger charge is 2.54. The molecule has 0 saturated carbocycles. The molecule has 3 aromatic rings. The minimum atomic E-state index is -1.63. The number of tetrazole rings is 1. The summed E-state index contributed by atoms with van der Waals surface area (Å²) in [5.74, 6) is -0.827. The van der Waals surface area contributed by atoms with E-state index in [9.17, 15) is 19.8 Å². The fraction of sp³-hybridized carbons (Fsp3) is 0.393. The molecule has 13 heteroatoms. The fourth-order valence-corrected chi connectivity index (χ4v) is 4.97. The molecule has 0 fully saturated rings. The number of aromatic nitrogens is 4. The Morgan fingerprint density at radius 3 is 2.27 bits per heavy atom. The maximum absolute atomic E-state index is 12.8. The number of hydrogen-bond acceptors (Lipinski definition) is 11. The number of ether oxygens (including phenoxy) is 3. The second kappa shape index (κ2) is 11.9. The van der Waals surface area contributed by atoms with Gasteiger partial charge in [0.2, 0.25) is 5.82 Å². The summed E-state index contributed by atoms with van der Waals surface area (Å²) in [5, 5.41) is 36.0. The number of hydrogen-bond donors (Lipinski definition) is 3. The zero-order valence-corrected chi connectivity index (χ0v) is 23.6. The number of carboxylic acids is 1. The highest BCUT2D eigenvalue weighted by molar-refractivity contribution is 5.94. The van der Waals surface area contributed by atoms with Crippen molar-refractivity contribution in [1.29, 1.82) is 0 Å². The van der Waals surface area contributed by atoms with E-state index < -0.39 is 23.4 Å². The van der Waals surface area contributed by atoms with E-state index in [-0.39, 0.29) is 31.3 Å². The number of carbonyl (C=O) groups excluding carboxylic acids is 1. The normalized spacial score (nSPS) is 17.2. The first-order chi connectivity index (χ1) is 19.5. The number of anilines is 1. The third kappa shape index (κ3) is 5.86. The monoisotopic (exact) mass is 566 g/mol. The largest absolute Gasteiger partial charge is 0.509 e. The summed E-state index contributed by atoms with van der Waals surface area (Å²) in [7, 11) is 0. The van der Waals surface area contributed by atoms with Crippen LogP contribution in [-0.2, 0) is 19.0 Å². The zero-order valence-electron chi connectivity index (χ0n) is 23.6. The number of carboxylic acid groups (broad SMARTS) is 1. The lowest BCUT2D eigenvalue weighted by molar-refractivity contribution is -0.133. The molecule has 41 heavy (non-hydrogen) atoms. The van der Waals surface area contributed by atoms with Crippen molar-refractivity contribution in [2.75, 3.05) is 31.5 Å². The van der Waals surface area contributed by atoms with Crippen LogP contribution in [0.25, 0.3) is 22.5 Å². The average Bonchev–Trinajstić information content (AvgIpc) is 3.56. The van der Waals surface area contributed by atoms with Crippen LogP contribution in [0.5, 0.6) is 0 Å². The van der Waals surface area contributed by atoms with Crippen LogP contribution in [0.15, 0.2) is 59.9 Å². The number of aliphatic hydroxyl groups is 1. The Morgan fingerprint density at radius 2 is 1.71 bits per heavy atom. The predicted molar refractivity (Wildman–Crippen MR) is 148 cm³/mol. The lowest BCUT2D eigenvalue weighted by Crippen LogP contribution is -2.58. The smallest absolute Gasteiger partial charge is 0.477 e. The molecular weight excluding hydrogens is 532 g/mol. The first-order valence-electron chi connectivity index (χ1n) is 13.1. The van der Waals surface area contributed by atoms with Gasteiger partial charge in [0, 0.05) is 17.9 Å². The molecule has 3 N–H and O–H groups in total. The topological polar surface area (TPSA) is 163 Å². The van der Waals surface area contributed by atoms with Crippen molar-refractivity contribution in [2.24, 2.45) is 0 Å². The van der Waals surface area contributed by atoms with Crippen LogP contribution in [0.3, 0.4) is 0 Å². The summed E-state index contributed by atoms with van der Waals surface area (Å²) in [6, 6.07) is 14.9. The van der Waals surface area contributed by atoms with Gasteiger partial charge in [-0.25, -0.2) is 9.59 Å². The van der Waals surface area contributed by atoms with Crippen molar-refractivity contribution >= 4 is 17.8 Å². The van der Waals surface area contributed by atoms with Crippen LogP contribution in [0.4, 0.5) is 10.5 Å². The molecule has 218 valence electrons. The van der Waals surface area contributed by atoms with Crippen LogP contribution in [0.1, 0.15) is 34.6 Å². The summed E-state index contributed by atoms with van der Waals surface area (Å²) >= 11 is 0. The molecule has 4 rings (SSSR count). The molecule has 2 heterocycles. The van der Waals surface area contributed by atoms with Crippen LogP contribution < -0.4 is 4.90 Å². The minimum Gasteiger partial charge on any atom is -0.477 e. The summed E-state index contributed by atoms with van der Waals surface area (Å²) in [4.78, 5) is 28.0. The SMILES string of the molecule is CCOCC1(C)N(COC(=O)OCC)C(C(C)(C)O)=C(C(=O)O)N1c1ccc(-c2ccccc2-c2nn[nH]n2)cc1. The Morgan fingerprint density at radius 1 is 1.02 bits per heavy atom. The number of H-pyrrole nitrogens is 1. The Bertz CT molecular complexity index is 1400. The van der Waals surface area contributed by atoms with E-state index >= 15 is 0 Å². The minimum absolute atomic E-state index is 0.0223. The second-order valence-electron chi connectivity index (χ2n) is 9.96. The maximum Gasteiger partial charge on any atom is 0.509 e. The van der Waals surface area contributed by atoms with Crippen molar-refractivity contribution in [2.45, 2.75) is 45.9 Å². The molecule has 2 aromatic carbocycles. The number of carbonyl (C=O) groups is 2. The predicted octanol–water partition coefficient (Wildman–Crippen LogP) is 3.61. The first kappa shape index (κ1) is 29.5. The van der Waals surface area contributed by atoms with Crippen LogP contribution in [-0.4, -0.2) is 85.7 Å². The molecule has 1 aliphatic heterocycles. The quantitative estimate of drug-likeness (QED) is 0.289. The highest BCUT2D eigenvalue weighted by atomic mass is 16.7. The molecule has 0 radical (unpaired) electrons. The van der Waals surface area contributed by atoms with Gasteiger partial charge in [-0.05, 0) is 63.1 Å². The molecule has 0 bridgehead atoms. The van der Waals surface area contributed by atoms with Crippen molar-refractivity contribution < 1.29 is 34.0 Å². The molecular formula is C28H34N6O7. The number of rotatable bonds is 11. The van der Waals surface area contributed by atoms with Crippen LogP contribution >= 0.6 is 0 Å². The molecule has 13 nitrogen and oxygen atoms in total. The molecule has 1 unspecified atom stereocenters. The van der Waals surface area contributed by atoms with E-state index in [0.29, 0.717) is 18.1 Å². The summed E-state index contributed by atoms with van der Waals surface area (Å²) in [5.41, 5.74) is 0.0306. The summed E-state index contributed by atoms with van der Waals surface area (Å²) in [6.45, 7) is 8.28. The van der Waals surface area contributed by atoms with Gasteiger partial charge in [-0.15, -0.1) is 10.2 Å². The number of aliphatic carboxylic acids is 1. The highest BCUT2D eigenvalue weighted by Crippen LogP contribution is 2.45. The number of nitrogens with one attached hydrogen (secondary N) is 1. The van der Waals surface area contributed by atoms with Gasteiger partial charge in [0.1, 0.15) is 11.3 Å². The van der Waals surface area contributed by atoms with E-state index in [4.69, 9.17) is 14.2 Å². The lowest BCUT2D eigenvalue weighted by Gasteiger charge is -2.44. The Kier molecular flexibility index (Phi) is 8.59. The van der Waals surface area contributed by atoms with Gasteiger partial charge in [-0.2, -0.15) is 5.21 Å². The van der Waals surface area contributed by atoms with Gasteiger partial charge in [-0.3, -0.25) is 0 Å². The van der Waals surface area contributed by atoms with E-state index in [1.807, 2.05) is 43.3 Å². The molecule has 1 aliphatic rings. The second-order valence-corrected chi connectivity index (χ2v) is 9.96. The Balaban J connectivity index is 1.82. The number of aromatic amines is 1. The zero-order chi connectivity index (χ0) is 29.8. The van der Waals surface area contributed by atoms with Gasteiger partial charge in [-0.1, -0.05) is 36.4 Å². The first-order valence-corrected chi connectivity index (χ1v) is 13.1. The summed E-state index contributed by atoms with van der Waals surface area (Å²) in [6.07, 6.45) is -0.915. The van der Waals surface area contributed by atoms with Gasteiger partial charge in [0.05, 0.1) is 18.9 Å². The van der Waals surface area contributed by atoms with Crippen molar-refractivity contribution in [1.82, 2.24) is 25.5 Å². The van der Waals surface area contributed by atoms with E-state index in [0.717, 1.165) is 16.7 Å². The molecule has 0 spiro atoms. The van der Waals surface area contributed by atoms with E-state index in [2.05, 4.69) is 20.6 Å². The van der Waals surface area contributed by atoms with Crippen LogP contribution in [0, 0.1) is 0 Å². The fourth-order valence-electron chi connectivity index (χ4n) is 4.97. The third-order valence-electron chi connectivity index (χ3n) is 6.67. The third-order valence-corrected chi connectivity index (χ3v) is 6.67. The maximum atomic E-state index is 12.8. The number of nitrogens with zero attached hydrogens (tertiary/aromatic N) is 5. The molecule has 0 aliphatic carbocycles. The van der Waals surface area contributed by atoms with Gasteiger partial charge in [0.25, 0.3) is 0 Å². The van der Waals surface area contributed by atoms with Crippen molar-refractivity contribution in [3.05, 3.63) is 59.9 Å². The summed E-state index contributed by atoms with van der Waals surface area (Å²) < 4.78 is 16.1. The van der Waals surface area contributed by atoms with E-state index in [1.165, 1.54) is 18.7 Å². The molecule has 0 amide bonds. The molecule has 0 saturated heterocycles. The average molecular weight is 567 g/mol. The lowest BCUT2D eigenvalue weighted by atomic mass is 9.98. The Hall–Kier alpha value is -4.49. The van der Waals surface area contributed by atoms with E-state index in [1.54, 1.807) is 30.9 Å². The van der Waals surface area contributed by atoms with Gasteiger partial charge >= 0.3 is 12.1 Å². The standard InChI is InChI=1S/C28H34N6O7/c1-6-39-16-28(5)33(17-41-26(37)40-7-2)23(27(3,4)38)22(25(35)36)34(28)19-14-12-18(13-15-19)20-10-8-9-11-21(20)24-29-31-32-30-24/h8-15,38H,6-7,16-17H2,1-5H3,(H,35,36)(H,29,30,31,32).